The van der Waals surface area contributed by atoms with Gasteiger partial charge in [0.05, 0.1) is 11.4 Å². The van der Waals surface area contributed by atoms with Crippen LogP contribution < -0.4 is 5.32 Å². The Morgan fingerprint density at radius 2 is 1.85 bits per heavy atom. The van der Waals surface area contributed by atoms with Gasteiger partial charge in [-0.1, -0.05) is 52.9 Å². The SMILES string of the molecule is CCCCCCCC(NCCC)c1cc(CC)nn1C. The van der Waals surface area contributed by atoms with E-state index in [4.69, 9.17) is 0 Å². The Bertz CT molecular complexity index is 357. The highest BCUT2D eigenvalue weighted by molar-refractivity contribution is 5.14. The molecule has 3 nitrogen and oxygen atoms in total. The monoisotopic (exact) mass is 279 g/mol. The van der Waals surface area contributed by atoms with E-state index in [1.807, 2.05) is 0 Å². The molecule has 0 saturated carbocycles. The number of aryl methyl sites for hydroxylation is 2. The van der Waals surface area contributed by atoms with Crippen LogP contribution in [0.4, 0.5) is 0 Å². The summed E-state index contributed by atoms with van der Waals surface area (Å²) in [6.07, 6.45) is 10.2. The van der Waals surface area contributed by atoms with Gasteiger partial charge in [-0.3, -0.25) is 4.68 Å². The lowest BCUT2D eigenvalue weighted by molar-refractivity contribution is 0.444. The molecule has 0 radical (unpaired) electrons. The molecule has 0 fully saturated rings. The molecule has 0 aliphatic rings. The number of rotatable bonds is 11. The number of unbranched alkanes of at least 4 members (excludes halogenated alkanes) is 4. The molecule has 20 heavy (non-hydrogen) atoms. The Labute approximate surface area is 125 Å². The maximum absolute atomic E-state index is 4.59. The third kappa shape index (κ3) is 5.66. The van der Waals surface area contributed by atoms with Crippen molar-refractivity contribution < 1.29 is 0 Å². The zero-order valence-electron chi connectivity index (χ0n) is 13.9. The van der Waals surface area contributed by atoms with Crippen molar-refractivity contribution in [1.29, 1.82) is 0 Å². The predicted molar refractivity (Wildman–Crippen MR) is 87.0 cm³/mol. The summed E-state index contributed by atoms with van der Waals surface area (Å²) < 4.78 is 2.07. The second-order valence-electron chi connectivity index (χ2n) is 5.75. The third-order valence-electron chi connectivity index (χ3n) is 3.92. The second-order valence-corrected chi connectivity index (χ2v) is 5.75. The van der Waals surface area contributed by atoms with E-state index < -0.39 is 0 Å². The molecule has 1 atom stereocenters. The van der Waals surface area contributed by atoms with E-state index in [9.17, 15) is 0 Å². The Hall–Kier alpha value is -0.830. The van der Waals surface area contributed by atoms with Crippen LogP contribution in [0.15, 0.2) is 6.07 Å². The quantitative estimate of drug-likeness (QED) is 0.609. The summed E-state index contributed by atoms with van der Waals surface area (Å²) in [5.41, 5.74) is 2.56. The molecular formula is C17H33N3. The van der Waals surface area contributed by atoms with E-state index in [2.05, 4.69) is 49.0 Å². The molecule has 0 spiro atoms. The summed E-state index contributed by atoms with van der Waals surface area (Å²) in [5.74, 6) is 0. The normalized spacial score (nSPS) is 12.8. The molecule has 3 heteroatoms. The molecule has 0 aliphatic heterocycles. The molecule has 1 aromatic heterocycles. The van der Waals surface area contributed by atoms with Crippen molar-refractivity contribution in [2.75, 3.05) is 6.54 Å². The summed E-state index contributed by atoms with van der Waals surface area (Å²) in [5, 5.41) is 8.29. The minimum absolute atomic E-state index is 0.467. The van der Waals surface area contributed by atoms with Gasteiger partial charge in [0, 0.05) is 13.1 Å². The average Bonchev–Trinajstić information content (AvgIpc) is 2.83. The number of nitrogens with zero attached hydrogens (tertiary/aromatic N) is 2. The van der Waals surface area contributed by atoms with Crippen molar-refractivity contribution in [1.82, 2.24) is 15.1 Å². The van der Waals surface area contributed by atoms with Crippen LogP contribution in [0, 0.1) is 0 Å². The minimum Gasteiger partial charge on any atom is -0.309 e. The third-order valence-corrected chi connectivity index (χ3v) is 3.92. The summed E-state index contributed by atoms with van der Waals surface area (Å²) in [4.78, 5) is 0. The van der Waals surface area contributed by atoms with E-state index in [0.717, 1.165) is 13.0 Å². The first kappa shape index (κ1) is 17.2. The van der Waals surface area contributed by atoms with Crippen molar-refractivity contribution in [3.05, 3.63) is 17.5 Å². The topological polar surface area (TPSA) is 29.9 Å². The predicted octanol–water partition coefficient (Wildman–Crippen LogP) is 4.38. The van der Waals surface area contributed by atoms with Gasteiger partial charge in [0.2, 0.25) is 0 Å². The number of hydrogen-bond donors (Lipinski definition) is 1. The molecule has 1 heterocycles. The lowest BCUT2D eigenvalue weighted by Crippen LogP contribution is -2.24. The minimum atomic E-state index is 0.467. The van der Waals surface area contributed by atoms with E-state index in [1.165, 1.54) is 56.3 Å². The highest BCUT2D eigenvalue weighted by atomic mass is 15.3. The molecule has 1 unspecified atom stereocenters. The van der Waals surface area contributed by atoms with Gasteiger partial charge >= 0.3 is 0 Å². The molecule has 116 valence electrons. The van der Waals surface area contributed by atoms with Crippen LogP contribution in [0.5, 0.6) is 0 Å². The fourth-order valence-electron chi connectivity index (χ4n) is 2.67. The number of hydrogen-bond acceptors (Lipinski definition) is 2. The summed E-state index contributed by atoms with van der Waals surface area (Å²) >= 11 is 0. The molecule has 0 aromatic carbocycles. The highest BCUT2D eigenvalue weighted by Gasteiger charge is 2.15. The van der Waals surface area contributed by atoms with Gasteiger partial charge in [-0.2, -0.15) is 5.10 Å². The maximum atomic E-state index is 4.59. The van der Waals surface area contributed by atoms with Crippen molar-refractivity contribution in [3.8, 4) is 0 Å². The van der Waals surface area contributed by atoms with E-state index in [0.29, 0.717) is 6.04 Å². The van der Waals surface area contributed by atoms with Gasteiger partial charge in [-0.25, -0.2) is 0 Å². The van der Waals surface area contributed by atoms with Crippen LogP contribution in [0.3, 0.4) is 0 Å². The molecule has 1 aromatic rings. The maximum Gasteiger partial charge on any atom is 0.0625 e. The smallest absolute Gasteiger partial charge is 0.0625 e. The van der Waals surface area contributed by atoms with Gasteiger partial charge in [0.1, 0.15) is 0 Å². The van der Waals surface area contributed by atoms with Crippen molar-refractivity contribution >= 4 is 0 Å². The fourth-order valence-corrected chi connectivity index (χ4v) is 2.67. The van der Waals surface area contributed by atoms with Gasteiger partial charge in [0.15, 0.2) is 0 Å². The largest absolute Gasteiger partial charge is 0.309 e. The van der Waals surface area contributed by atoms with Gasteiger partial charge in [-0.05, 0) is 31.9 Å². The second kappa shape index (κ2) is 9.98. The Morgan fingerprint density at radius 1 is 1.10 bits per heavy atom. The van der Waals surface area contributed by atoms with Gasteiger partial charge in [-0.15, -0.1) is 0 Å². The van der Waals surface area contributed by atoms with Crippen LogP contribution in [0.25, 0.3) is 0 Å². The standard InChI is InChI=1S/C17H33N3/c1-5-8-9-10-11-12-16(18-13-6-2)17-14-15(7-3)19-20(17)4/h14,16,18H,5-13H2,1-4H3. The van der Waals surface area contributed by atoms with Crippen LogP contribution in [0.2, 0.25) is 0 Å². The zero-order valence-corrected chi connectivity index (χ0v) is 13.9. The zero-order chi connectivity index (χ0) is 14.8. The van der Waals surface area contributed by atoms with Gasteiger partial charge in [0.25, 0.3) is 0 Å². The molecule has 0 bridgehead atoms. The van der Waals surface area contributed by atoms with Crippen molar-refractivity contribution in [2.24, 2.45) is 7.05 Å². The number of aromatic nitrogens is 2. The average molecular weight is 279 g/mol. The molecular weight excluding hydrogens is 246 g/mol. The van der Waals surface area contributed by atoms with Gasteiger partial charge < -0.3 is 5.32 Å². The van der Waals surface area contributed by atoms with E-state index in [-0.39, 0.29) is 0 Å². The fraction of sp³-hybridized carbons (Fsp3) is 0.824. The Kier molecular flexibility index (Phi) is 8.59. The first-order chi connectivity index (χ1) is 9.72. The summed E-state index contributed by atoms with van der Waals surface area (Å²) in [6.45, 7) is 7.76. The van der Waals surface area contributed by atoms with Crippen LogP contribution in [-0.2, 0) is 13.5 Å². The van der Waals surface area contributed by atoms with Crippen LogP contribution in [-0.4, -0.2) is 16.3 Å². The summed E-state index contributed by atoms with van der Waals surface area (Å²) in [6, 6.07) is 2.74. The Morgan fingerprint density at radius 3 is 2.45 bits per heavy atom. The highest BCUT2D eigenvalue weighted by Crippen LogP contribution is 2.21. The lowest BCUT2D eigenvalue weighted by atomic mass is 10.0. The van der Waals surface area contributed by atoms with Crippen molar-refractivity contribution in [2.45, 2.75) is 78.2 Å². The molecule has 1 N–H and O–H groups in total. The van der Waals surface area contributed by atoms with Crippen LogP contribution >= 0.6 is 0 Å². The molecule has 0 saturated heterocycles. The Balaban J connectivity index is 2.55. The summed E-state index contributed by atoms with van der Waals surface area (Å²) in [7, 11) is 2.08. The number of nitrogens with one attached hydrogen (secondary N) is 1. The molecule has 1 rings (SSSR count). The lowest BCUT2D eigenvalue weighted by Gasteiger charge is -2.18. The molecule has 0 aliphatic carbocycles. The first-order valence-corrected chi connectivity index (χ1v) is 8.49. The van der Waals surface area contributed by atoms with E-state index in [1.54, 1.807) is 0 Å². The molecule has 0 amide bonds. The van der Waals surface area contributed by atoms with Crippen LogP contribution in [0.1, 0.15) is 83.1 Å². The van der Waals surface area contributed by atoms with Crippen molar-refractivity contribution in [3.63, 3.8) is 0 Å². The first-order valence-electron chi connectivity index (χ1n) is 8.49. The van der Waals surface area contributed by atoms with E-state index >= 15 is 0 Å².